The van der Waals surface area contributed by atoms with Gasteiger partial charge >= 0.3 is 18.2 Å². The van der Waals surface area contributed by atoms with E-state index < -0.39 is 39.9 Å². The summed E-state index contributed by atoms with van der Waals surface area (Å²) in [5.41, 5.74) is -1.81. The molecule has 1 aliphatic carbocycles. The molecule has 1 amide bonds. The Kier molecular flexibility index (Phi) is 7.50. The molecule has 0 spiro atoms. The number of benzene rings is 2. The van der Waals surface area contributed by atoms with Crippen LogP contribution in [0, 0.1) is 18.8 Å². The first-order valence-corrected chi connectivity index (χ1v) is 13.7. The van der Waals surface area contributed by atoms with Crippen molar-refractivity contribution in [1.82, 2.24) is 0 Å². The Balaban J connectivity index is 1.65. The molecule has 0 saturated heterocycles. The molecule has 212 valence electrons. The minimum atomic E-state index is -4.80. The van der Waals surface area contributed by atoms with Crippen LogP contribution >= 0.6 is 0 Å². The maximum Gasteiger partial charge on any atom is 0.427 e. The van der Waals surface area contributed by atoms with E-state index in [0.717, 1.165) is 9.87 Å². The van der Waals surface area contributed by atoms with Crippen molar-refractivity contribution in [2.24, 2.45) is 11.8 Å². The van der Waals surface area contributed by atoms with Crippen LogP contribution in [0.4, 0.5) is 29.3 Å². The normalized spacial score (nSPS) is 20.9. The summed E-state index contributed by atoms with van der Waals surface area (Å²) < 4.78 is 83.7. The lowest BCUT2D eigenvalue weighted by molar-refractivity contribution is -0.242. The topological polar surface area (TPSA) is 111 Å². The Labute approximate surface area is 224 Å². The van der Waals surface area contributed by atoms with Crippen molar-refractivity contribution in [3.63, 3.8) is 0 Å². The number of hydrogen-bond donors (Lipinski definition) is 1. The number of carbonyl (C=O) groups is 2. The van der Waals surface area contributed by atoms with Gasteiger partial charge in [-0.3, -0.25) is 14.4 Å². The number of nitrogens with zero attached hydrogens (tertiary/aromatic N) is 1. The molecule has 2 aromatic carbocycles. The predicted molar refractivity (Wildman–Crippen MR) is 135 cm³/mol. The minimum absolute atomic E-state index is 0.00120. The molecule has 39 heavy (non-hydrogen) atoms. The number of rotatable bonds is 7. The fourth-order valence-electron chi connectivity index (χ4n) is 4.22. The average molecular weight is 571 g/mol. The standard InChI is InChI=1S/C26H29F3N2O7S/c1-5-36-23(32)19-13-18(19)22-14-31(39(34,35)17-9-6-15(2)7-10-17)20-12-16(8-11-21(20)37-22)30-24(33)38-25(3,4)26(27,28)29/h6-12,18-19,22H,5,13-14H2,1-4H3,(H,30,33). The van der Waals surface area contributed by atoms with E-state index in [-0.39, 0.29) is 47.1 Å². The van der Waals surface area contributed by atoms with Gasteiger partial charge in [0.25, 0.3) is 10.0 Å². The Hall–Kier alpha value is -3.48. The van der Waals surface area contributed by atoms with Crippen molar-refractivity contribution in [3.8, 4) is 5.75 Å². The minimum Gasteiger partial charge on any atom is -0.486 e. The summed E-state index contributed by atoms with van der Waals surface area (Å²) in [5.74, 6) is -0.867. The zero-order valence-corrected chi connectivity index (χ0v) is 22.6. The molecule has 0 radical (unpaired) electrons. The summed E-state index contributed by atoms with van der Waals surface area (Å²) in [7, 11) is -4.13. The number of fused-ring (bicyclic) bond motifs is 1. The fourth-order valence-corrected chi connectivity index (χ4v) is 5.70. The zero-order chi connectivity index (χ0) is 28.8. The summed E-state index contributed by atoms with van der Waals surface area (Å²) in [5, 5.41) is 2.22. The number of anilines is 2. The van der Waals surface area contributed by atoms with E-state index in [1.165, 1.54) is 30.3 Å². The van der Waals surface area contributed by atoms with Crippen molar-refractivity contribution in [3.05, 3.63) is 48.0 Å². The van der Waals surface area contributed by atoms with Crippen LogP contribution in [-0.2, 0) is 24.3 Å². The van der Waals surface area contributed by atoms with E-state index in [2.05, 4.69) is 10.1 Å². The molecule has 0 aromatic heterocycles. The first-order valence-electron chi connectivity index (χ1n) is 12.3. The van der Waals surface area contributed by atoms with Crippen LogP contribution in [-0.4, -0.2) is 51.5 Å². The summed E-state index contributed by atoms with van der Waals surface area (Å²) >= 11 is 0. The Bertz CT molecular complexity index is 1360. The van der Waals surface area contributed by atoms with E-state index in [9.17, 15) is 31.2 Å². The molecule has 0 bridgehead atoms. The van der Waals surface area contributed by atoms with Crippen LogP contribution < -0.4 is 14.4 Å². The smallest absolute Gasteiger partial charge is 0.427 e. The molecule has 3 unspecified atom stereocenters. The highest BCUT2D eigenvalue weighted by Gasteiger charge is 2.53. The molecular formula is C26H29F3N2O7S. The van der Waals surface area contributed by atoms with Crippen molar-refractivity contribution in [2.75, 3.05) is 22.8 Å². The van der Waals surface area contributed by atoms with Crippen LogP contribution in [0.1, 0.15) is 32.8 Å². The van der Waals surface area contributed by atoms with Crippen LogP contribution in [0.15, 0.2) is 47.4 Å². The van der Waals surface area contributed by atoms with Gasteiger partial charge in [0.1, 0.15) is 11.9 Å². The maximum atomic E-state index is 13.7. The second-order valence-corrected chi connectivity index (χ2v) is 11.8. The molecule has 1 fully saturated rings. The lowest BCUT2D eigenvalue weighted by atomic mass is 10.1. The SMILES string of the molecule is CCOC(=O)C1CC1C1CN(S(=O)(=O)c2ccc(C)cc2)c2cc(NC(=O)OC(C)(C)C(F)(F)F)ccc2O1. The predicted octanol–water partition coefficient (Wildman–Crippen LogP) is 5.04. The Morgan fingerprint density at radius 3 is 2.41 bits per heavy atom. The first-order chi connectivity index (χ1) is 18.1. The second-order valence-electron chi connectivity index (χ2n) is 9.97. The molecule has 1 heterocycles. The highest BCUT2D eigenvalue weighted by molar-refractivity contribution is 7.92. The Morgan fingerprint density at radius 2 is 1.79 bits per heavy atom. The molecule has 2 aromatic rings. The van der Waals surface area contributed by atoms with E-state index in [0.29, 0.717) is 20.3 Å². The molecule has 3 atom stereocenters. The molecular weight excluding hydrogens is 541 g/mol. The molecule has 13 heteroatoms. The third-order valence-corrected chi connectivity index (χ3v) is 8.44. The van der Waals surface area contributed by atoms with Gasteiger partial charge in [0.05, 0.1) is 29.7 Å². The van der Waals surface area contributed by atoms with E-state index in [4.69, 9.17) is 9.47 Å². The molecule has 1 aliphatic heterocycles. The number of esters is 1. The van der Waals surface area contributed by atoms with E-state index in [1.54, 1.807) is 19.1 Å². The molecule has 4 rings (SSSR count). The van der Waals surface area contributed by atoms with Gasteiger partial charge in [0.15, 0.2) is 0 Å². The number of aryl methyl sites for hydroxylation is 1. The van der Waals surface area contributed by atoms with Crippen molar-refractivity contribution < 1.29 is 45.4 Å². The largest absolute Gasteiger partial charge is 0.486 e. The van der Waals surface area contributed by atoms with Gasteiger partial charge in [0.2, 0.25) is 5.60 Å². The number of halogens is 3. The number of alkyl halides is 3. The molecule has 2 aliphatic rings. The summed E-state index contributed by atoms with van der Waals surface area (Å²) in [6, 6.07) is 10.3. The van der Waals surface area contributed by atoms with E-state index >= 15 is 0 Å². The number of carbonyl (C=O) groups excluding carboxylic acids is 2. The van der Waals surface area contributed by atoms with Gasteiger partial charge in [-0.05, 0) is 64.4 Å². The van der Waals surface area contributed by atoms with Gasteiger partial charge in [-0.15, -0.1) is 0 Å². The summed E-state index contributed by atoms with van der Waals surface area (Å²) in [4.78, 5) is 24.5. The van der Waals surface area contributed by atoms with Gasteiger partial charge in [-0.25, -0.2) is 13.2 Å². The maximum absolute atomic E-state index is 13.7. The molecule has 1 saturated carbocycles. The zero-order valence-electron chi connectivity index (χ0n) is 21.7. The van der Waals surface area contributed by atoms with Gasteiger partial charge in [0, 0.05) is 11.6 Å². The highest BCUT2D eigenvalue weighted by Crippen LogP contribution is 2.48. The first kappa shape index (κ1) is 28.5. The number of amides is 1. The molecule has 9 nitrogen and oxygen atoms in total. The van der Waals surface area contributed by atoms with Crippen molar-refractivity contribution in [1.29, 1.82) is 0 Å². The number of nitrogens with one attached hydrogen (secondary N) is 1. The number of sulfonamides is 1. The molecule has 1 N–H and O–H groups in total. The third-order valence-electron chi connectivity index (χ3n) is 6.64. The van der Waals surface area contributed by atoms with E-state index in [1.807, 2.05) is 6.92 Å². The van der Waals surface area contributed by atoms with Gasteiger partial charge in [-0.1, -0.05) is 17.7 Å². The lowest BCUT2D eigenvalue weighted by Crippen LogP contribution is -2.45. The van der Waals surface area contributed by atoms with Crippen LogP contribution in [0.5, 0.6) is 5.75 Å². The second kappa shape index (κ2) is 10.2. The third kappa shape index (κ3) is 5.92. The number of ether oxygens (including phenoxy) is 3. The van der Waals surface area contributed by atoms with Crippen molar-refractivity contribution in [2.45, 2.75) is 56.9 Å². The van der Waals surface area contributed by atoms with Crippen molar-refractivity contribution >= 4 is 33.5 Å². The summed E-state index contributed by atoms with van der Waals surface area (Å²) in [6.45, 7) is 5.04. The van der Waals surface area contributed by atoms with Gasteiger partial charge in [-0.2, -0.15) is 13.2 Å². The average Bonchev–Trinajstić information content (AvgIpc) is 3.64. The fraction of sp³-hybridized carbons (Fsp3) is 0.462. The van der Waals surface area contributed by atoms with Gasteiger partial charge < -0.3 is 14.2 Å². The van der Waals surface area contributed by atoms with Crippen LogP contribution in [0.25, 0.3) is 0 Å². The summed E-state index contributed by atoms with van der Waals surface area (Å²) in [6.07, 6.45) is -6.33. The monoisotopic (exact) mass is 570 g/mol. The van der Waals surface area contributed by atoms with Crippen LogP contribution in [0.3, 0.4) is 0 Å². The quantitative estimate of drug-likeness (QED) is 0.465. The van der Waals surface area contributed by atoms with Crippen LogP contribution in [0.2, 0.25) is 0 Å². The number of hydrogen-bond acceptors (Lipinski definition) is 7. The Morgan fingerprint density at radius 1 is 1.13 bits per heavy atom. The highest BCUT2D eigenvalue weighted by atomic mass is 32.2. The lowest BCUT2D eigenvalue weighted by Gasteiger charge is -2.36.